The van der Waals surface area contributed by atoms with Crippen molar-refractivity contribution >= 4 is 16.5 Å². The summed E-state index contributed by atoms with van der Waals surface area (Å²) in [5.41, 5.74) is 6.25. The van der Waals surface area contributed by atoms with Gasteiger partial charge in [-0.1, -0.05) is 19.9 Å². The van der Waals surface area contributed by atoms with Crippen LogP contribution in [0.1, 0.15) is 25.8 Å². The lowest BCUT2D eigenvalue weighted by atomic mass is 10.2. The van der Waals surface area contributed by atoms with Gasteiger partial charge in [0.2, 0.25) is 0 Å². The molecule has 1 rings (SSSR count). The van der Waals surface area contributed by atoms with Crippen LogP contribution in [-0.4, -0.2) is 9.96 Å². The van der Waals surface area contributed by atoms with Gasteiger partial charge in [-0.2, -0.15) is 0 Å². The number of anilines is 1. The third-order valence-corrected chi connectivity index (χ3v) is 3.66. The van der Waals surface area contributed by atoms with Gasteiger partial charge in [0.15, 0.2) is 0 Å². The second kappa shape index (κ2) is 5.99. The monoisotopic (exact) mass is 243 g/mol. The highest BCUT2D eigenvalue weighted by molar-refractivity contribution is 7.84. The maximum absolute atomic E-state index is 13.1. The lowest BCUT2D eigenvalue weighted by Gasteiger charge is -2.06. The van der Waals surface area contributed by atoms with Crippen LogP contribution in [-0.2, 0) is 16.6 Å². The molecule has 0 aromatic heterocycles. The Morgan fingerprint density at radius 1 is 1.44 bits per heavy atom. The molecule has 0 fully saturated rings. The molecule has 0 aliphatic carbocycles. The van der Waals surface area contributed by atoms with Crippen molar-refractivity contribution in [1.29, 1.82) is 0 Å². The molecule has 0 bridgehead atoms. The molecule has 0 aliphatic heterocycles. The molecular weight excluding hydrogens is 225 g/mol. The molecule has 0 radical (unpaired) electrons. The largest absolute Gasteiger partial charge is 0.396 e. The van der Waals surface area contributed by atoms with Crippen molar-refractivity contribution in [2.24, 2.45) is 5.92 Å². The molecule has 1 unspecified atom stereocenters. The summed E-state index contributed by atoms with van der Waals surface area (Å²) in [5, 5.41) is 0. The van der Waals surface area contributed by atoms with Crippen LogP contribution in [0.2, 0.25) is 0 Å². The van der Waals surface area contributed by atoms with Crippen LogP contribution >= 0.6 is 0 Å². The van der Waals surface area contributed by atoms with Crippen LogP contribution in [0.4, 0.5) is 10.1 Å². The van der Waals surface area contributed by atoms with E-state index in [4.69, 9.17) is 5.73 Å². The van der Waals surface area contributed by atoms with Gasteiger partial charge in [-0.25, -0.2) is 4.39 Å². The van der Waals surface area contributed by atoms with Crippen molar-refractivity contribution in [3.05, 3.63) is 29.6 Å². The first-order valence-corrected chi connectivity index (χ1v) is 6.86. The Bertz CT molecular complexity index is 379. The lowest BCUT2D eigenvalue weighted by molar-refractivity contribution is 0.618. The van der Waals surface area contributed by atoms with Crippen LogP contribution in [0, 0.1) is 11.7 Å². The zero-order valence-electron chi connectivity index (χ0n) is 9.70. The summed E-state index contributed by atoms with van der Waals surface area (Å²) in [6, 6.07) is 4.61. The molecule has 0 amide bonds. The van der Waals surface area contributed by atoms with Crippen molar-refractivity contribution in [2.45, 2.75) is 26.0 Å². The normalized spacial score (nSPS) is 13.0. The first-order valence-electron chi connectivity index (χ1n) is 5.38. The van der Waals surface area contributed by atoms with Gasteiger partial charge in [0, 0.05) is 22.3 Å². The Labute approximate surface area is 98.5 Å². The summed E-state index contributed by atoms with van der Waals surface area (Å²) >= 11 is 0. The minimum absolute atomic E-state index is 0.136. The number of hydrogen-bond acceptors (Lipinski definition) is 2. The molecule has 1 atom stereocenters. The highest BCUT2D eigenvalue weighted by atomic mass is 32.2. The molecule has 2 nitrogen and oxygen atoms in total. The van der Waals surface area contributed by atoms with Crippen LogP contribution < -0.4 is 5.73 Å². The Morgan fingerprint density at radius 2 is 2.12 bits per heavy atom. The minimum Gasteiger partial charge on any atom is -0.396 e. The Morgan fingerprint density at radius 3 is 2.69 bits per heavy atom. The summed E-state index contributed by atoms with van der Waals surface area (Å²) in [4.78, 5) is 0. The van der Waals surface area contributed by atoms with E-state index in [-0.39, 0.29) is 5.69 Å². The molecular formula is C12H18FNOS. The van der Waals surface area contributed by atoms with Gasteiger partial charge in [-0.3, -0.25) is 4.21 Å². The summed E-state index contributed by atoms with van der Waals surface area (Å²) in [5.74, 6) is 1.19. The van der Waals surface area contributed by atoms with E-state index >= 15 is 0 Å². The average Bonchev–Trinajstić information content (AvgIpc) is 2.21. The first kappa shape index (κ1) is 13.2. The van der Waals surface area contributed by atoms with E-state index in [0.29, 0.717) is 17.4 Å². The molecule has 2 N–H and O–H groups in total. The maximum atomic E-state index is 13.1. The summed E-state index contributed by atoms with van der Waals surface area (Å²) in [6.07, 6.45) is 0.935. The standard InChI is InChI=1S/C12H18FNOS/c1-9(2)5-6-16(15)8-10-3-4-12(14)11(13)7-10/h3-4,7,9H,5-6,8,14H2,1-2H3. The van der Waals surface area contributed by atoms with E-state index in [1.54, 1.807) is 6.07 Å². The van der Waals surface area contributed by atoms with Crippen LogP contribution in [0.25, 0.3) is 0 Å². The second-order valence-corrected chi connectivity index (χ2v) is 5.90. The number of nitrogen functional groups attached to an aromatic ring is 1. The van der Waals surface area contributed by atoms with Crippen molar-refractivity contribution in [3.63, 3.8) is 0 Å². The van der Waals surface area contributed by atoms with Crippen molar-refractivity contribution < 1.29 is 8.60 Å². The fourth-order valence-corrected chi connectivity index (χ4v) is 2.72. The number of nitrogens with two attached hydrogens (primary N) is 1. The zero-order valence-corrected chi connectivity index (χ0v) is 10.5. The minimum atomic E-state index is -0.914. The fraction of sp³-hybridized carbons (Fsp3) is 0.500. The van der Waals surface area contributed by atoms with E-state index in [9.17, 15) is 8.60 Å². The molecule has 0 saturated carbocycles. The van der Waals surface area contributed by atoms with E-state index < -0.39 is 16.6 Å². The molecule has 0 spiro atoms. The van der Waals surface area contributed by atoms with Gasteiger partial charge in [-0.05, 0) is 30.0 Å². The maximum Gasteiger partial charge on any atom is 0.146 e. The Kier molecular flexibility index (Phi) is 4.93. The smallest absolute Gasteiger partial charge is 0.146 e. The molecule has 1 aromatic rings. The number of rotatable bonds is 5. The van der Waals surface area contributed by atoms with Gasteiger partial charge in [0.25, 0.3) is 0 Å². The summed E-state index contributed by atoms with van der Waals surface area (Å²) in [6.45, 7) is 4.19. The quantitative estimate of drug-likeness (QED) is 0.808. The van der Waals surface area contributed by atoms with E-state index in [2.05, 4.69) is 13.8 Å². The zero-order chi connectivity index (χ0) is 12.1. The Balaban J connectivity index is 2.53. The fourth-order valence-electron chi connectivity index (χ4n) is 1.29. The van der Waals surface area contributed by atoms with Crippen molar-refractivity contribution in [3.8, 4) is 0 Å². The van der Waals surface area contributed by atoms with E-state index in [1.165, 1.54) is 12.1 Å². The van der Waals surface area contributed by atoms with Gasteiger partial charge in [-0.15, -0.1) is 0 Å². The molecule has 1 aromatic carbocycles. The predicted molar refractivity (Wildman–Crippen MR) is 67.0 cm³/mol. The third-order valence-electron chi connectivity index (χ3n) is 2.32. The Hall–Kier alpha value is -0.900. The first-order chi connectivity index (χ1) is 7.49. The molecule has 0 aliphatic rings. The van der Waals surface area contributed by atoms with Gasteiger partial charge in [0.05, 0.1) is 5.69 Å². The summed E-state index contributed by atoms with van der Waals surface area (Å²) < 4.78 is 24.8. The highest BCUT2D eigenvalue weighted by Crippen LogP contribution is 2.14. The van der Waals surface area contributed by atoms with Crippen molar-refractivity contribution in [1.82, 2.24) is 0 Å². The van der Waals surface area contributed by atoms with Gasteiger partial charge in [0.1, 0.15) is 5.82 Å². The summed E-state index contributed by atoms with van der Waals surface area (Å²) in [7, 11) is -0.914. The van der Waals surface area contributed by atoms with E-state index in [0.717, 1.165) is 12.0 Å². The highest BCUT2D eigenvalue weighted by Gasteiger charge is 2.05. The number of halogens is 1. The molecule has 0 heterocycles. The molecule has 4 heteroatoms. The number of benzene rings is 1. The third kappa shape index (κ3) is 4.31. The lowest BCUT2D eigenvalue weighted by Crippen LogP contribution is -2.04. The molecule has 16 heavy (non-hydrogen) atoms. The average molecular weight is 243 g/mol. The van der Waals surface area contributed by atoms with Crippen LogP contribution in [0.3, 0.4) is 0 Å². The van der Waals surface area contributed by atoms with Crippen molar-refractivity contribution in [2.75, 3.05) is 11.5 Å². The van der Waals surface area contributed by atoms with E-state index in [1.807, 2.05) is 0 Å². The SMILES string of the molecule is CC(C)CCS(=O)Cc1ccc(N)c(F)c1. The second-order valence-electron chi connectivity index (χ2n) is 4.33. The number of hydrogen-bond donors (Lipinski definition) is 1. The van der Waals surface area contributed by atoms with Crippen LogP contribution in [0.5, 0.6) is 0 Å². The van der Waals surface area contributed by atoms with Gasteiger partial charge >= 0.3 is 0 Å². The van der Waals surface area contributed by atoms with Gasteiger partial charge < -0.3 is 5.73 Å². The molecule has 0 saturated heterocycles. The predicted octanol–water partition coefficient (Wildman–Crippen LogP) is 2.70. The molecule has 90 valence electrons. The van der Waals surface area contributed by atoms with Crippen LogP contribution in [0.15, 0.2) is 18.2 Å². The topological polar surface area (TPSA) is 43.1 Å².